The molecule has 0 spiro atoms. The van der Waals surface area contributed by atoms with Gasteiger partial charge in [-0.05, 0) is 49.1 Å². The van der Waals surface area contributed by atoms with Crippen molar-refractivity contribution in [3.8, 4) is 0 Å². The fourth-order valence-corrected chi connectivity index (χ4v) is 3.84. The second kappa shape index (κ2) is 5.27. The first-order valence-electron chi connectivity index (χ1n) is 7.25. The van der Waals surface area contributed by atoms with Gasteiger partial charge in [0, 0.05) is 6.42 Å². The van der Waals surface area contributed by atoms with Crippen LogP contribution < -0.4 is 5.32 Å². The monoisotopic (exact) mass is 273 g/mol. The molecule has 1 aromatic rings. The predicted molar refractivity (Wildman–Crippen MR) is 75.6 cm³/mol. The lowest BCUT2D eigenvalue weighted by molar-refractivity contribution is -0.117. The lowest BCUT2D eigenvalue weighted by atomic mass is 9.86. The minimum absolute atomic E-state index is 0.0590. The van der Waals surface area contributed by atoms with Gasteiger partial charge in [0.2, 0.25) is 5.91 Å². The third-order valence-corrected chi connectivity index (χ3v) is 4.76. The summed E-state index contributed by atoms with van der Waals surface area (Å²) in [7, 11) is 0. The molecule has 4 heteroatoms. The molecule has 3 rings (SSSR count). The Kier molecular flexibility index (Phi) is 3.47. The Balaban J connectivity index is 1.63. The van der Waals surface area contributed by atoms with E-state index in [0.29, 0.717) is 23.9 Å². The maximum Gasteiger partial charge on any atom is 0.337 e. The average molecular weight is 273 g/mol. The third-order valence-electron chi connectivity index (χ3n) is 4.76. The van der Waals surface area contributed by atoms with Crippen LogP contribution in [-0.2, 0) is 4.79 Å². The molecule has 0 radical (unpaired) electrons. The number of nitrogens with one attached hydrogen (secondary N) is 1. The molecule has 2 N–H and O–H groups in total. The van der Waals surface area contributed by atoms with E-state index in [-0.39, 0.29) is 11.5 Å². The first-order valence-corrected chi connectivity index (χ1v) is 7.25. The Morgan fingerprint density at radius 3 is 2.65 bits per heavy atom. The molecule has 3 unspecified atom stereocenters. The lowest BCUT2D eigenvalue weighted by Gasteiger charge is -2.21. The van der Waals surface area contributed by atoms with Crippen LogP contribution in [0.25, 0.3) is 0 Å². The summed E-state index contributed by atoms with van der Waals surface area (Å²) in [5, 5.41) is 11.9. The summed E-state index contributed by atoms with van der Waals surface area (Å²) in [5.74, 6) is 0.951. The second-order valence-corrected chi connectivity index (χ2v) is 6.04. The van der Waals surface area contributed by atoms with Gasteiger partial charge in [-0.3, -0.25) is 4.79 Å². The largest absolute Gasteiger partial charge is 0.478 e. The number of carboxylic acid groups (broad SMARTS) is 1. The number of hydrogen-bond acceptors (Lipinski definition) is 2. The number of aromatic carboxylic acids is 1. The normalized spacial score (nSPS) is 27.5. The highest BCUT2D eigenvalue weighted by atomic mass is 16.4. The third kappa shape index (κ3) is 2.55. The second-order valence-electron chi connectivity index (χ2n) is 6.04. The quantitative estimate of drug-likeness (QED) is 0.885. The van der Waals surface area contributed by atoms with Crippen molar-refractivity contribution >= 4 is 17.6 Å². The molecule has 2 fully saturated rings. The minimum Gasteiger partial charge on any atom is -0.478 e. The van der Waals surface area contributed by atoms with Gasteiger partial charge in [-0.1, -0.05) is 18.6 Å². The number of benzene rings is 1. The number of hydrogen-bond donors (Lipinski definition) is 2. The predicted octanol–water partition coefficient (Wildman–Crippen LogP) is 3.15. The van der Waals surface area contributed by atoms with Crippen LogP contribution in [0.4, 0.5) is 5.69 Å². The molecule has 20 heavy (non-hydrogen) atoms. The van der Waals surface area contributed by atoms with E-state index < -0.39 is 5.97 Å². The van der Waals surface area contributed by atoms with E-state index in [1.165, 1.54) is 31.7 Å². The number of rotatable bonds is 4. The number of carboxylic acids is 1. The Hall–Kier alpha value is -1.84. The SMILES string of the molecule is O=C(CC1CC2CCC1C2)Nc1ccccc1C(=O)O. The van der Waals surface area contributed by atoms with E-state index in [4.69, 9.17) is 5.11 Å². The van der Waals surface area contributed by atoms with Gasteiger partial charge in [-0.2, -0.15) is 0 Å². The molecular weight excluding hydrogens is 254 g/mol. The first kappa shape index (κ1) is 13.2. The zero-order valence-corrected chi connectivity index (χ0v) is 11.3. The van der Waals surface area contributed by atoms with Gasteiger partial charge in [0.15, 0.2) is 0 Å². The van der Waals surface area contributed by atoms with Crippen molar-refractivity contribution in [2.24, 2.45) is 17.8 Å². The maximum atomic E-state index is 12.1. The van der Waals surface area contributed by atoms with Gasteiger partial charge in [0.1, 0.15) is 0 Å². The summed E-state index contributed by atoms with van der Waals surface area (Å²) in [6.07, 6.45) is 5.55. The topological polar surface area (TPSA) is 66.4 Å². The fourth-order valence-electron chi connectivity index (χ4n) is 3.84. The van der Waals surface area contributed by atoms with Gasteiger partial charge in [-0.25, -0.2) is 4.79 Å². The van der Waals surface area contributed by atoms with E-state index in [0.717, 1.165) is 5.92 Å². The number of amides is 1. The standard InChI is InChI=1S/C16H19NO3/c18-15(9-12-8-10-5-6-11(12)7-10)17-14-4-2-1-3-13(14)16(19)20/h1-4,10-12H,5-9H2,(H,17,18)(H,19,20). The number of fused-ring (bicyclic) bond motifs is 2. The van der Waals surface area contributed by atoms with Crippen molar-refractivity contribution in [3.05, 3.63) is 29.8 Å². The van der Waals surface area contributed by atoms with Crippen molar-refractivity contribution in [2.75, 3.05) is 5.32 Å². The van der Waals surface area contributed by atoms with Crippen molar-refractivity contribution in [2.45, 2.75) is 32.1 Å². The van der Waals surface area contributed by atoms with Crippen molar-refractivity contribution < 1.29 is 14.7 Å². The Bertz CT molecular complexity index is 540. The van der Waals surface area contributed by atoms with E-state index in [1.807, 2.05) is 0 Å². The van der Waals surface area contributed by atoms with Gasteiger partial charge in [0.05, 0.1) is 11.3 Å². The molecule has 3 atom stereocenters. The summed E-state index contributed by atoms with van der Waals surface area (Å²) >= 11 is 0. The zero-order valence-electron chi connectivity index (χ0n) is 11.3. The minimum atomic E-state index is -1.01. The molecule has 0 heterocycles. The van der Waals surface area contributed by atoms with Crippen molar-refractivity contribution in [1.29, 1.82) is 0 Å². The van der Waals surface area contributed by atoms with E-state index in [9.17, 15) is 9.59 Å². The molecule has 0 saturated heterocycles. The van der Waals surface area contributed by atoms with E-state index >= 15 is 0 Å². The van der Waals surface area contributed by atoms with Gasteiger partial charge >= 0.3 is 5.97 Å². The van der Waals surface area contributed by atoms with Crippen LogP contribution in [0.5, 0.6) is 0 Å². The van der Waals surface area contributed by atoms with Gasteiger partial charge in [-0.15, -0.1) is 0 Å². The van der Waals surface area contributed by atoms with Crippen LogP contribution >= 0.6 is 0 Å². The summed E-state index contributed by atoms with van der Waals surface area (Å²) < 4.78 is 0. The maximum absolute atomic E-state index is 12.1. The highest BCUT2D eigenvalue weighted by molar-refractivity contribution is 6.00. The van der Waals surface area contributed by atoms with Crippen LogP contribution in [0.1, 0.15) is 42.5 Å². The summed E-state index contributed by atoms with van der Waals surface area (Å²) in [6.45, 7) is 0. The van der Waals surface area contributed by atoms with Gasteiger partial charge in [0.25, 0.3) is 0 Å². The molecule has 2 aliphatic rings. The molecule has 2 aliphatic carbocycles. The van der Waals surface area contributed by atoms with E-state index in [1.54, 1.807) is 18.2 Å². The molecule has 1 aromatic carbocycles. The fraction of sp³-hybridized carbons (Fsp3) is 0.500. The Labute approximate surface area is 118 Å². The van der Waals surface area contributed by atoms with Crippen LogP contribution in [0, 0.1) is 17.8 Å². The smallest absolute Gasteiger partial charge is 0.337 e. The van der Waals surface area contributed by atoms with Crippen LogP contribution in [0.15, 0.2) is 24.3 Å². The summed E-state index contributed by atoms with van der Waals surface area (Å²) in [6, 6.07) is 6.55. The van der Waals surface area contributed by atoms with E-state index in [2.05, 4.69) is 5.32 Å². The van der Waals surface area contributed by atoms with Crippen molar-refractivity contribution in [3.63, 3.8) is 0 Å². The molecule has 2 saturated carbocycles. The highest BCUT2D eigenvalue weighted by Crippen LogP contribution is 2.49. The molecular formula is C16H19NO3. The molecule has 4 nitrogen and oxygen atoms in total. The highest BCUT2D eigenvalue weighted by Gasteiger charge is 2.40. The lowest BCUT2D eigenvalue weighted by Crippen LogP contribution is -2.21. The molecule has 1 amide bonds. The van der Waals surface area contributed by atoms with Crippen LogP contribution in [0.2, 0.25) is 0 Å². The van der Waals surface area contributed by atoms with Gasteiger partial charge < -0.3 is 10.4 Å². The average Bonchev–Trinajstić information content (AvgIpc) is 3.01. The summed E-state index contributed by atoms with van der Waals surface area (Å²) in [5.41, 5.74) is 0.543. The molecule has 2 bridgehead atoms. The van der Waals surface area contributed by atoms with Crippen LogP contribution in [0.3, 0.4) is 0 Å². The Morgan fingerprint density at radius 1 is 1.20 bits per heavy atom. The number of anilines is 1. The number of carbonyl (C=O) groups is 2. The Morgan fingerprint density at radius 2 is 2.00 bits per heavy atom. The summed E-state index contributed by atoms with van der Waals surface area (Å²) in [4.78, 5) is 23.2. The van der Waals surface area contributed by atoms with Crippen LogP contribution in [-0.4, -0.2) is 17.0 Å². The zero-order chi connectivity index (χ0) is 14.1. The first-order chi connectivity index (χ1) is 9.63. The van der Waals surface area contributed by atoms with Crippen molar-refractivity contribution in [1.82, 2.24) is 0 Å². The number of para-hydroxylation sites is 1. The molecule has 0 aliphatic heterocycles. The molecule has 0 aromatic heterocycles. The number of carbonyl (C=O) groups excluding carboxylic acids is 1. The molecule has 106 valence electrons.